The van der Waals surface area contributed by atoms with Gasteiger partial charge in [0.05, 0.1) is 12.1 Å². The molecule has 2 fully saturated rings. The van der Waals surface area contributed by atoms with Gasteiger partial charge in [-0.1, -0.05) is 91.0 Å². The van der Waals surface area contributed by atoms with E-state index in [2.05, 4.69) is 57.2 Å². The van der Waals surface area contributed by atoms with E-state index >= 15 is 0 Å². The van der Waals surface area contributed by atoms with Crippen LogP contribution in [-0.2, 0) is 15.1 Å². The Morgan fingerprint density at radius 3 is 1.98 bits per heavy atom. The average Bonchev–Trinajstić information content (AvgIpc) is 3.55. The zero-order chi connectivity index (χ0) is 27.9. The number of carbonyl (C=O) groups is 2. The van der Waals surface area contributed by atoms with Gasteiger partial charge in [0.25, 0.3) is 0 Å². The predicted molar refractivity (Wildman–Crippen MR) is 151 cm³/mol. The molecule has 2 aliphatic heterocycles. The first-order chi connectivity index (χ1) is 19.4. The van der Waals surface area contributed by atoms with Gasteiger partial charge >= 0.3 is 6.09 Å². The molecule has 0 aliphatic carbocycles. The van der Waals surface area contributed by atoms with Gasteiger partial charge in [0, 0.05) is 4.75 Å². The summed E-state index contributed by atoms with van der Waals surface area (Å²) in [5.41, 5.74) is 2.31. The van der Waals surface area contributed by atoms with Crippen LogP contribution in [0.3, 0.4) is 0 Å². The normalized spacial score (nSPS) is 21.5. The minimum Gasteiger partial charge on any atom is -0.448 e. The number of rotatable bonds is 7. The first-order valence-electron chi connectivity index (χ1n) is 13.3. The monoisotopic (exact) mass is 554 g/mol. The summed E-state index contributed by atoms with van der Waals surface area (Å²) in [7, 11) is 0. The molecule has 1 aromatic heterocycles. The van der Waals surface area contributed by atoms with E-state index in [1.165, 1.54) is 0 Å². The van der Waals surface area contributed by atoms with Crippen molar-refractivity contribution < 1.29 is 14.3 Å². The molecule has 1 amide bonds. The second kappa shape index (κ2) is 10.2. The van der Waals surface area contributed by atoms with Crippen LogP contribution in [0.25, 0.3) is 0 Å². The second-order valence-corrected chi connectivity index (χ2v) is 12.1. The van der Waals surface area contributed by atoms with Crippen molar-refractivity contribution in [3.05, 3.63) is 114 Å². The number of aromatic nitrogens is 4. The van der Waals surface area contributed by atoms with E-state index in [4.69, 9.17) is 4.74 Å². The van der Waals surface area contributed by atoms with Crippen molar-refractivity contribution in [2.45, 2.75) is 48.5 Å². The third kappa shape index (κ3) is 4.10. The summed E-state index contributed by atoms with van der Waals surface area (Å²) in [5.74, 6) is 0.226. The van der Waals surface area contributed by atoms with Gasteiger partial charge in [-0.2, -0.15) is 0 Å². The molecule has 9 nitrogen and oxygen atoms in total. The molecule has 10 heteroatoms. The highest BCUT2D eigenvalue weighted by Crippen LogP contribution is 2.57. The van der Waals surface area contributed by atoms with E-state index in [1.54, 1.807) is 23.6 Å². The minimum absolute atomic E-state index is 0.0707. The van der Waals surface area contributed by atoms with Crippen molar-refractivity contribution >= 4 is 23.8 Å². The first-order valence-corrected chi connectivity index (χ1v) is 14.2. The van der Waals surface area contributed by atoms with E-state index in [-0.39, 0.29) is 17.9 Å². The van der Waals surface area contributed by atoms with Crippen LogP contribution >= 0.6 is 11.8 Å². The number of thioether (sulfide) groups is 1. The predicted octanol–water partition coefficient (Wildman–Crippen LogP) is 4.36. The maximum atomic E-state index is 14.1. The summed E-state index contributed by atoms with van der Waals surface area (Å²) in [6, 6.07) is 29.7. The van der Waals surface area contributed by atoms with Gasteiger partial charge in [-0.15, -0.1) is 21.5 Å². The Morgan fingerprint density at radius 2 is 1.48 bits per heavy atom. The molecule has 4 aromatic rings. The number of nitrogens with zero attached hydrogens (tertiary/aromatic N) is 5. The number of amides is 1. The summed E-state index contributed by atoms with van der Waals surface area (Å²) >= 11 is 1.68. The summed E-state index contributed by atoms with van der Waals surface area (Å²) in [4.78, 5) is 28.5. The highest BCUT2D eigenvalue weighted by atomic mass is 32.2. The lowest BCUT2D eigenvalue weighted by molar-refractivity contribution is -0.150. The van der Waals surface area contributed by atoms with Crippen LogP contribution in [0.2, 0.25) is 0 Å². The van der Waals surface area contributed by atoms with Gasteiger partial charge in [0.2, 0.25) is 5.91 Å². The van der Waals surface area contributed by atoms with Crippen molar-refractivity contribution in [2.75, 3.05) is 6.61 Å². The van der Waals surface area contributed by atoms with Crippen molar-refractivity contribution in [2.24, 2.45) is 0 Å². The van der Waals surface area contributed by atoms with Crippen LogP contribution in [0, 0.1) is 0 Å². The smallest absolute Gasteiger partial charge is 0.437 e. The first kappa shape index (κ1) is 26.2. The molecule has 40 heavy (non-hydrogen) atoms. The van der Waals surface area contributed by atoms with E-state index in [1.807, 2.05) is 68.4 Å². The molecule has 3 aromatic carbocycles. The third-order valence-electron chi connectivity index (χ3n) is 7.61. The Labute approximate surface area is 236 Å². The number of ether oxygens (including phenoxy) is 1. The summed E-state index contributed by atoms with van der Waals surface area (Å²) in [5, 5.41) is 15.4. The summed E-state index contributed by atoms with van der Waals surface area (Å²) < 4.78 is 5.75. The molecular formula is C30H30N6O3S. The molecule has 0 saturated carbocycles. The Kier molecular flexibility index (Phi) is 6.67. The molecule has 204 valence electrons. The molecule has 2 saturated heterocycles. The van der Waals surface area contributed by atoms with E-state index < -0.39 is 28.5 Å². The molecule has 0 spiro atoms. The molecule has 2 aliphatic rings. The number of nitrogens with one attached hydrogen (secondary N) is 1. The number of β-lactam (4-membered cyclic amide) rings is 1. The topological polar surface area (TPSA) is 102 Å². The number of fused-ring (bicyclic) bond motifs is 1. The summed E-state index contributed by atoms with van der Waals surface area (Å²) in [6.07, 6.45) is -0.661. The average molecular weight is 555 g/mol. The van der Waals surface area contributed by atoms with Gasteiger partial charge in [0.15, 0.2) is 5.82 Å². The van der Waals surface area contributed by atoms with Gasteiger partial charge < -0.3 is 9.64 Å². The molecular weight excluding hydrogens is 524 g/mol. The van der Waals surface area contributed by atoms with Gasteiger partial charge in [-0.3, -0.25) is 10.1 Å². The van der Waals surface area contributed by atoms with Crippen LogP contribution in [0.4, 0.5) is 4.79 Å². The Bertz CT molecular complexity index is 1420. The molecule has 6 rings (SSSR count). The van der Waals surface area contributed by atoms with Crippen molar-refractivity contribution in [3.8, 4) is 0 Å². The van der Waals surface area contributed by atoms with E-state index in [0.29, 0.717) is 5.82 Å². The Balaban J connectivity index is 1.42. The summed E-state index contributed by atoms with van der Waals surface area (Å²) in [6.45, 7) is 6.02. The lowest BCUT2D eigenvalue weighted by Crippen LogP contribution is -2.70. The van der Waals surface area contributed by atoms with Gasteiger partial charge in [0.1, 0.15) is 17.5 Å². The van der Waals surface area contributed by atoms with E-state index in [9.17, 15) is 9.59 Å². The molecule has 3 atom stereocenters. The van der Waals surface area contributed by atoms with Crippen molar-refractivity contribution in [1.82, 2.24) is 30.4 Å². The molecule has 1 N–H and O–H groups in total. The van der Waals surface area contributed by atoms with Gasteiger partial charge in [-0.05, 0) is 47.9 Å². The van der Waals surface area contributed by atoms with Crippen LogP contribution in [-0.4, -0.2) is 59.9 Å². The van der Waals surface area contributed by atoms with Crippen molar-refractivity contribution in [1.29, 1.82) is 0 Å². The Hall–Kier alpha value is -4.02. The van der Waals surface area contributed by atoms with Crippen LogP contribution in [0.1, 0.15) is 49.3 Å². The maximum absolute atomic E-state index is 14.1. The standard InChI is InChI=1S/C30H30N6O3S/c1-4-39-28(38)36-25(32-33-34-36)24-29(2,3)40-27-23(26(37)35(24)27)31-30(20-14-8-5-9-15-20,21-16-10-6-11-17-21)22-18-12-7-13-19-22/h5-19,23-24,27,31H,4H2,1-3H3/t23?,24?,27-/m0/s1. The highest BCUT2D eigenvalue weighted by molar-refractivity contribution is 8.01. The van der Waals surface area contributed by atoms with E-state index in [0.717, 1.165) is 21.4 Å². The lowest BCUT2D eigenvalue weighted by Gasteiger charge is -2.49. The zero-order valence-electron chi connectivity index (χ0n) is 22.5. The quantitative estimate of drug-likeness (QED) is 0.204. The van der Waals surface area contributed by atoms with Crippen LogP contribution < -0.4 is 5.32 Å². The lowest BCUT2D eigenvalue weighted by atomic mass is 9.76. The molecule has 2 unspecified atom stereocenters. The highest BCUT2D eigenvalue weighted by Gasteiger charge is 2.64. The van der Waals surface area contributed by atoms with Crippen LogP contribution in [0.5, 0.6) is 0 Å². The van der Waals surface area contributed by atoms with Gasteiger partial charge in [-0.25, -0.2) is 4.79 Å². The molecule has 0 radical (unpaired) electrons. The maximum Gasteiger partial charge on any atom is 0.437 e. The number of hydrogen-bond donors (Lipinski definition) is 1. The third-order valence-corrected chi connectivity index (χ3v) is 9.18. The minimum atomic E-state index is -0.786. The fourth-order valence-electron chi connectivity index (χ4n) is 5.89. The number of benzene rings is 3. The molecule has 0 bridgehead atoms. The van der Waals surface area contributed by atoms with Crippen molar-refractivity contribution in [3.63, 3.8) is 0 Å². The largest absolute Gasteiger partial charge is 0.448 e. The zero-order valence-corrected chi connectivity index (χ0v) is 23.3. The SMILES string of the molecule is CCOC(=O)n1nnnc1C1N2C(=O)C(NC(c3ccccc3)(c3ccccc3)c3ccccc3)[C@@H]2SC1(C)C. The Morgan fingerprint density at radius 1 is 0.950 bits per heavy atom. The number of tetrazole rings is 1. The fourth-order valence-corrected chi connectivity index (χ4v) is 7.52. The number of hydrogen-bond acceptors (Lipinski definition) is 8. The number of carbonyl (C=O) groups excluding carboxylic acids is 2. The second-order valence-electron chi connectivity index (χ2n) is 10.4. The molecule has 3 heterocycles. The van der Waals surface area contributed by atoms with Crippen LogP contribution in [0.15, 0.2) is 91.0 Å². The fraction of sp³-hybridized carbons (Fsp3) is 0.300.